The molecule has 2 aromatic rings. The second-order valence-corrected chi connectivity index (χ2v) is 4.85. The molecule has 0 bridgehead atoms. The Morgan fingerprint density at radius 1 is 1.10 bits per heavy atom. The van der Waals surface area contributed by atoms with Gasteiger partial charge in [0.15, 0.2) is 5.82 Å². The Morgan fingerprint density at radius 2 is 1.75 bits per heavy atom. The minimum atomic E-state index is -0.642. The van der Waals surface area contributed by atoms with E-state index in [0.717, 1.165) is 23.9 Å². The quantitative estimate of drug-likeness (QED) is 0.934. The van der Waals surface area contributed by atoms with Crippen molar-refractivity contribution in [1.82, 2.24) is 9.97 Å². The Kier molecular flexibility index (Phi) is 4.39. The molecular formula is C15H17F2N3. The van der Waals surface area contributed by atoms with Crippen molar-refractivity contribution in [3.05, 3.63) is 47.3 Å². The number of benzene rings is 1. The molecular weight excluding hydrogens is 260 g/mol. The lowest BCUT2D eigenvalue weighted by atomic mass is 10.1. The SMILES string of the molecule is CCC(N)Cc1cc(C)nc(-c2cc(F)cc(F)c2)n1. The van der Waals surface area contributed by atoms with E-state index in [-0.39, 0.29) is 6.04 Å². The molecule has 0 radical (unpaired) electrons. The maximum atomic E-state index is 13.3. The highest BCUT2D eigenvalue weighted by atomic mass is 19.1. The second kappa shape index (κ2) is 6.05. The number of hydrogen-bond donors (Lipinski definition) is 1. The molecule has 2 N–H and O–H groups in total. The van der Waals surface area contributed by atoms with Gasteiger partial charge in [-0.1, -0.05) is 6.92 Å². The molecule has 0 aliphatic heterocycles. The summed E-state index contributed by atoms with van der Waals surface area (Å²) in [6.45, 7) is 3.82. The van der Waals surface area contributed by atoms with Crippen LogP contribution in [-0.4, -0.2) is 16.0 Å². The Bertz CT molecular complexity index is 594. The zero-order valence-electron chi connectivity index (χ0n) is 11.5. The summed E-state index contributed by atoms with van der Waals surface area (Å²) in [6.07, 6.45) is 1.46. The Balaban J connectivity index is 2.41. The molecule has 3 nitrogen and oxygen atoms in total. The largest absolute Gasteiger partial charge is 0.327 e. The van der Waals surface area contributed by atoms with Gasteiger partial charge < -0.3 is 5.73 Å². The minimum Gasteiger partial charge on any atom is -0.327 e. The molecule has 0 saturated carbocycles. The van der Waals surface area contributed by atoms with Crippen LogP contribution >= 0.6 is 0 Å². The van der Waals surface area contributed by atoms with Crippen molar-refractivity contribution < 1.29 is 8.78 Å². The molecule has 106 valence electrons. The summed E-state index contributed by atoms with van der Waals surface area (Å²) in [4.78, 5) is 8.58. The standard InChI is InChI=1S/C15H17F2N3/c1-3-13(18)8-14-4-9(2)19-15(20-14)10-5-11(16)7-12(17)6-10/h4-7,13H,3,8,18H2,1-2H3. The van der Waals surface area contributed by atoms with Crippen LogP contribution in [-0.2, 0) is 6.42 Å². The van der Waals surface area contributed by atoms with Crippen molar-refractivity contribution in [2.24, 2.45) is 5.73 Å². The number of hydrogen-bond acceptors (Lipinski definition) is 3. The van der Waals surface area contributed by atoms with Gasteiger partial charge in [0.1, 0.15) is 11.6 Å². The number of aryl methyl sites for hydroxylation is 1. The molecule has 1 atom stereocenters. The van der Waals surface area contributed by atoms with E-state index in [9.17, 15) is 8.78 Å². The first-order chi connectivity index (χ1) is 9.47. The maximum absolute atomic E-state index is 13.3. The summed E-state index contributed by atoms with van der Waals surface area (Å²) in [7, 11) is 0. The average molecular weight is 277 g/mol. The van der Waals surface area contributed by atoms with Crippen molar-refractivity contribution >= 4 is 0 Å². The molecule has 0 aliphatic carbocycles. The third-order valence-electron chi connectivity index (χ3n) is 3.02. The van der Waals surface area contributed by atoms with Crippen LogP contribution in [0.5, 0.6) is 0 Å². The van der Waals surface area contributed by atoms with Crippen molar-refractivity contribution in [3.63, 3.8) is 0 Å². The van der Waals surface area contributed by atoms with Crippen LogP contribution in [0.3, 0.4) is 0 Å². The van der Waals surface area contributed by atoms with Crippen molar-refractivity contribution in [1.29, 1.82) is 0 Å². The van der Waals surface area contributed by atoms with E-state index in [2.05, 4.69) is 9.97 Å². The molecule has 1 aromatic heterocycles. The first-order valence-electron chi connectivity index (χ1n) is 6.54. The summed E-state index contributed by atoms with van der Waals surface area (Å²) in [5.41, 5.74) is 7.77. The summed E-state index contributed by atoms with van der Waals surface area (Å²) < 4.78 is 26.5. The molecule has 2 rings (SSSR count). The van der Waals surface area contributed by atoms with Crippen molar-refractivity contribution in [2.75, 3.05) is 0 Å². The fourth-order valence-electron chi connectivity index (χ4n) is 1.96. The van der Waals surface area contributed by atoms with Crippen LogP contribution in [0.4, 0.5) is 8.78 Å². The van der Waals surface area contributed by atoms with E-state index in [1.807, 2.05) is 19.9 Å². The molecule has 0 amide bonds. The van der Waals surface area contributed by atoms with Gasteiger partial charge in [0, 0.05) is 35.5 Å². The predicted molar refractivity (Wildman–Crippen MR) is 74.1 cm³/mol. The first kappa shape index (κ1) is 14.5. The fourth-order valence-corrected chi connectivity index (χ4v) is 1.96. The maximum Gasteiger partial charge on any atom is 0.159 e. The van der Waals surface area contributed by atoms with Gasteiger partial charge in [-0.2, -0.15) is 0 Å². The molecule has 1 aromatic carbocycles. The number of nitrogens with zero attached hydrogens (tertiary/aromatic N) is 2. The molecule has 0 spiro atoms. The van der Waals surface area contributed by atoms with Gasteiger partial charge in [-0.25, -0.2) is 18.7 Å². The smallest absolute Gasteiger partial charge is 0.159 e. The summed E-state index contributed by atoms with van der Waals surface area (Å²) in [6, 6.07) is 5.13. The van der Waals surface area contributed by atoms with Crippen LogP contribution in [0.15, 0.2) is 24.3 Å². The van der Waals surface area contributed by atoms with Gasteiger partial charge in [0.05, 0.1) is 0 Å². The zero-order chi connectivity index (χ0) is 14.7. The highest BCUT2D eigenvalue weighted by Crippen LogP contribution is 2.19. The van der Waals surface area contributed by atoms with Crippen molar-refractivity contribution in [3.8, 4) is 11.4 Å². The van der Waals surface area contributed by atoms with E-state index in [1.54, 1.807) is 0 Å². The minimum absolute atomic E-state index is 0.0152. The molecule has 0 saturated heterocycles. The van der Waals surface area contributed by atoms with Crippen LogP contribution in [0.2, 0.25) is 0 Å². The highest BCUT2D eigenvalue weighted by Gasteiger charge is 2.10. The fraction of sp³-hybridized carbons (Fsp3) is 0.333. The van der Waals surface area contributed by atoms with E-state index in [4.69, 9.17) is 5.73 Å². The summed E-state index contributed by atoms with van der Waals surface area (Å²) in [5, 5.41) is 0. The van der Waals surface area contributed by atoms with Gasteiger partial charge >= 0.3 is 0 Å². The van der Waals surface area contributed by atoms with E-state index in [0.29, 0.717) is 17.8 Å². The third kappa shape index (κ3) is 3.57. The summed E-state index contributed by atoms with van der Waals surface area (Å²) >= 11 is 0. The lowest BCUT2D eigenvalue weighted by Gasteiger charge is -2.10. The van der Waals surface area contributed by atoms with Crippen LogP contribution < -0.4 is 5.73 Å². The number of rotatable bonds is 4. The number of nitrogens with two attached hydrogens (primary N) is 1. The molecule has 1 heterocycles. The van der Waals surface area contributed by atoms with Gasteiger partial charge in [0.25, 0.3) is 0 Å². The zero-order valence-corrected chi connectivity index (χ0v) is 11.5. The highest BCUT2D eigenvalue weighted by molar-refractivity contribution is 5.55. The predicted octanol–water partition coefficient (Wildman–Crippen LogP) is 3.01. The van der Waals surface area contributed by atoms with Gasteiger partial charge in [0.2, 0.25) is 0 Å². The molecule has 20 heavy (non-hydrogen) atoms. The number of halogens is 2. The van der Waals surface area contributed by atoms with Crippen LogP contribution in [0.1, 0.15) is 24.7 Å². The third-order valence-corrected chi connectivity index (χ3v) is 3.02. The van der Waals surface area contributed by atoms with E-state index >= 15 is 0 Å². The van der Waals surface area contributed by atoms with Gasteiger partial charge in [-0.05, 0) is 31.5 Å². The lowest BCUT2D eigenvalue weighted by Crippen LogP contribution is -2.22. The van der Waals surface area contributed by atoms with E-state index in [1.165, 1.54) is 12.1 Å². The van der Waals surface area contributed by atoms with Crippen molar-refractivity contribution in [2.45, 2.75) is 32.7 Å². The van der Waals surface area contributed by atoms with E-state index < -0.39 is 11.6 Å². The molecule has 0 aliphatic rings. The second-order valence-electron chi connectivity index (χ2n) is 4.85. The Labute approximate surface area is 116 Å². The number of aromatic nitrogens is 2. The Hall–Kier alpha value is -1.88. The van der Waals surface area contributed by atoms with Crippen LogP contribution in [0.25, 0.3) is 11.4 Å². The average Bonchev–Trinajstić information content (AvgIpc) is 2.36. The van der Waals surface area contributed by atoms with Gasteiger partial charge in [-0.15, -0.1) is 0 Å². The molecule has 0 fully saturated rings. The Morgan fingerprint density at radius 3 is 2.35 bits per heavy atom. The molecule has 5 heteroatoms. The molecule has 1 unspecified atom stereocenters. The van der Waals surface area contributed by atoms with Gasteiger partial charge in [-0.3, -0.25) is 0 Å². The first-order valence-corrected chi connectivity index (χ1v) is 6.54. The monoisotopic (exact) mass is 277 g/mol. The normalized spacial score (nSPS) is 12.4. The lowest BCUT2D eigenvalue weighted by molar-refractivity contribution is 0.583. The summed E-state index contributed by atoms with van der Waals surface area (Å²) in [5.74, 6) is -0.962. The van der Waals surface area contributed by atoms with Crippen LogP contribution in [0, 0.1) is 18.6 Å². The topological polar surface area (TPSA) is 51.8 Å².